The van der Waals surface area contributed by atoms with Gasteiger partial charge in [-0.1, -0.05) is 12.1 Å². The number of aromatic nitrogens is 4. The fraction of sp³-hybridized carbons (Fsp3) is 0.308. The maximum Gasteiger partial charge on any atom is 0.303 e. The van der Waals surface area contributed by atoms with Crippen LogP contribution in [0.15, 0.2) is 30.6 Å². The number of benzene rings is 1. The van der Waals surface area contributed by atoms with Gasteiger partial charge >= 0.3 is 5.97 Å². The number of rotatable bonds is 7. The van der Waals surface area contributed by atoms with Crippen molar-refractivity contribution in [3.8, 4) is 5.69 Å². The number of amides is 1. The van der Waals surface area contributed by atoms with E-state index in [-0.39, 0.29) is 18.7 Å². The van der Waals surface area contributed by atoms with E-state index in [4.69, 9.17) is 5.11 Å². The lowest BCUT2D eigenvalue weighted by Gasteiger charge is -2.09. The number of tetrazole rings is 1. The first-order valence-corrected chi connectivity index (χ1v) is 6.51. The number of carbonyl (C=O) groups is 2. The van der Waals surface area contributed by atoms with Gasteiger partial charge in [-0.25, -0.2) is 0 Å². The van der Waals surface area contributed by atoms with Crippen LogP contribution in [0.1, 0.15) is 25.7 Å². The molecular weight excluding hydrogens is 274 g/mol. The molecule has 110 valence electrons. The van der Waals surface area contributed by atoms with E-state index in [0.29, 0.717) is 24.2 Å². The van der Waals surface area contributed by atoms with Crippen molar-refractivity contribution in [1.82, 2.24) is 20.2 Å². The molecule has 0 atom stereocenters. The van der Waals surface area contributed by atoms with Gasteiger partial charge in [-0.15, -0.1) is 5.10 Å². The summed E-state index contributed by atoms with van der Waals surface area (Å²) in [5.41, 5.74) is 1.27. The van der Waals surface area contributed by atoms with Gasteiger partial charge in [-0.2, -0.15) is 4.68 Å². The molecule has 0 unspecified atom stereocenters. The van der Waals surface area contributed by atoms with Crippen LogP contribution in [-0.4, -0.2) is 37.2 Å². The second-order valence-corrected chi connectivity index (χ2v) is 4.42. The Bertz CT molecular complexity index is 612. The molecule has 0 fully saturated rings. The first kappa shape index (κ1) is 14.6. The second kappa shape index (κ2) is 7.13. The summed E-state index contributed by atoms with van der Waals surface area (Å²) >= 11 is 0. The predicted molar refractivity (Wildman–Crippen MR) is 73.9 cm³/mol. The van der Waals surface area contributed by atoms with Gasteiger partial charge in [0.1, 0.15) is 6.33 Å². The standard InChI is InChI=1S/C13H15N5O3/c19-12(7-3-4-8-13(20)21)15-10-5-1-2-6-11(10)18-9-14-16-17-18/h1-2,5-6,9H,3-4,7-8H2,(H,15,19)(H,20,21). The highest BCUT2D eigenvalue weighted by molar-refractivity contribution is 5.92. The van der Waals surface area contributed by atoms with Gasteiger partial charge in [0.05, 0.1) is 11.4 Å². The molecule has 0 saturated carbocycles. The summed E-state index contributed by atoms with van der Waals surface area (Å²) in [5, 5.41) is 22.2. The largest absolute Gasteiger partial charge is 0.481 e. The molecule has 2 N–H and O–H groups in total. The third-order valence-electron chi connectivity index (χ3n) is 2.82. The minimum absolute atomic E-state index is 0.0779. The molecule has 8 nitrogen and oxygen atoms in total. The zero-order chi connectivity index (χ0) is 15.1. The molecule has 0 aliphatic heterocycles. The maximum absolute atomic E-state index is 11.9. The molecule has 2 rings (SSSR count). The number of hydrogen-bond donors (Lipinski definition) is 2. The van der Waals surface area contributed by atoms with Crippen molar-refractivity contribution < 1.29 is 14.7 Å². The molecule has 8 heteroatoms. The molecule has 21 heavy (non-hydrogen) atoms. The zero-order valence-electron chi connectivity index (χ0n) is 11.3. The molecule has 1 aromatic carbocycles. The molecule has 0 aliphatic carbocycles. The predicted octanol–water partition coefficient (Wildman–Crippen LogP) is 1.25. The fourth-order valence-electron chi connectivity index (χ4n) is 1.83. The van der Waals surface area contributed by atoms with Crippen molar-refractivity contribution in [3.05, 3.63) is 30.6 Å². The SMILES string of the molecule is O=C(O)CCCCC(=O)Nc1ccccc1-n1cnnn1. The van der Waals surface area contributed by atoms with E-state index >= 15 is 0 Å². The van der Waals surface area contributed by atoms with E-state index in [9.17, 15) is 9.59 Å². The average molecular weight is 289 g/mol. The van der Waals surface area contributed by atoms with Crippen molar-refractivity contribution in [2.75, 3.05) is 5.32 Å². The Kier molecular flexibility index (Phi) is 4.97. The summed E-state index contributed by atoms with van der Waals surface area (Å²) in [6, 6.07) is 7.16. The topological polar surface area (TPSA) is 110 Å². The van der Waals surface area contributed by atoms with Crippen molar-refractivity contribution >= 4 is 17.6 Å². The van der Waals surface area contributed by atoms with E-state index in [2.05, 4.69) is 20.8 Å². The van der Waals surface area contributed by atoms with Crippen molar-refractivity contribution in [2.45, 2.75) is 25.7 Å². The van der Waals surface area contributed by atoms with Gasteiger partial charge < -0.3 is 10.4 Å². The van der Waals surface area contributed by atoms with Crippen LogP contribution >= 0.6 is 0 Å². The summed E-state index contributed by atoms with van der Waals surface area (Å²) in [7, 11) is 0. The average Bonchev–Trinajstić information content (AvgIpc) is 2.98. The Labute approximate surface area is 120 Å². The Morgan fingerprint density at radius 1 is 1.19 bits per heavy atom. The van der Waals surface area contributed by atoms with Crippen molar-refractivity contribution in [3.63, 3.8) is 0 Å². The zero-order valence-corrected chi connectivity index (χ0v) is 11.3. The summed E-state index contributed by atoms with van der Waals surface area (Å²) in [5.74, 6) is -1.01. The summed E-state index contributed by atoms with van der Waals surface area (Å²) in [6.07, 6.45) is 2.81. The van der Waals surface area contributed by atoms with Crippen molar-refractivity contribution in [1.29, 1.82) is 0 Å². The quantitative estimate of drug-likeness (QED) is 0.742. The molecule has 0 spiro atoms. The number of nitrogens with one attached hydrogen (secondary N) is 1. The van der Waals surface area contributed by atoms with Crippen LogP contribution in [0.5, 0.6) is 0 Å². The highest BCUT2D eigenvalue weighted by Gasteiger charge is 2.09. The van der Waals surface area contributed by atoms with Gasteiger partial charge in [0.25, 0.3) is 0 Å². The molecule has 0 aliphatic rings. The van der Waals surface area contributed by atoms with E-state index in [1.807, 2.05) is 6.07 Å². The number of unbranched alkanes of at least 4 members (excludes halogenated alkanes) is 1. The molecular formula is C13H15N5O3. The lowest BCUT2D eigenvalue weighted by molar-refractivity contribution is -0.137. The molecule has 0 saturated heterocycles. The maximum atomic E-state index is 11.9. The van der Waals surface area contributed by atoms with Crippen LogP contribution in [0.2, 0.25) is 0 Å². The van der Waals surface area contributed by atoms with Crippen LogP contribution in [0.25, 0.3) is 5.69 Å². The minimum Gasteiger partial charge on any atom is -0.481 e. The van der Waals surface area contributed by atoms with Gasteiger partial charge in [0.2, 0.25) is 5.91 Å². The number of para-hydroxylation sites is 2. The lowest BCUT2D eigenvalue weighted by atomic mass is 10.2. The Morgan fingerprint density at radius 3 is 2.67 bits per heavy atom. The van der Waals surface area contributed by atoms with Crippen LogP contribution in [0.3, 0.4) is 0 Å². The molecule has 1 amide bonds. The van der Waals surface area contributed by atoms with Crippen LogP contribution < -0.4 is 5.32 Å². The number of hydrogen-bond acceptors (Lipinski definition) is 5. The summed E-state index contributed by atoms with van der Waals surface area (Å²) in [4.78, 5) is 22.2. The normalized spacial score (nSPS) is 10.3. The number of nitrogens with zero attached hydrogens (tertiary/aromatic N) is 4. The molecule has 0 bridgehead atoms. The third kappa shape index (κ3) is 4.37. The molecule has 1 heterocycles. The number of carboxylic acid groups (broad SMARTS) is 1. The highest BCUT2D eigenvalue weighted by atomic mass is 16.4. The number of carbonyl (C=O) groups excluding carboxylic acids is 1. The minimum atomic E-state index is -0.848. The first-order valence-electron chi connectivity index (χ1n) is 6.51. The highest BCUT2D eigenvalue weighted by Crippen LogP contribution is 2.18. The van der Waals surface area contributed by atoms with Gasteiger partial charge in [0, 0.05) is 12.8 Å². The summed E-state index contributed by atoms with van der Waals surface area (Å²) in [6.45, 7) is 0. The molecule has 1 aromatic heterocycles. The fourth-order valence-corrected chi connectivity index (χ4v) is 1.83. The second-order valence-electron chi connectivity index (χ2n) is 4.42. The van der Waals surface area contributed by atoms with E-state index < -0.39 is 5.97 Å². The summed E-state index contributed by atoms with van der Waals surface area (Å²) < 4.78 is 1.46. The Balaban J connectivity index is 1.94. The van der Waals surface area contributed by atoms with Crippen molar-refractivity contribution in [2.24, 2.45) is 0 Å². The number of anilines is 1. The van der Waals surface area contributed by atoms with E-state index in [1.165, 1.54) is 11.0 Å². The van der Waals surface area contributed by atoms with Crippen LogP contribution in [0, 0.1) is 0 Å². The van der Waals surface area contributed by atoms with Crippen LogP contribution in [0.4, 0.5) is 5.69 Å². The smallest absolute Gasteiger partial charge is 0.303 e. The van der Waals surface area contributed by atoms with Gasteiger partial charge in [-0.3, -0.25) is 9.59 Å². The number of aliphatic carboxylic acids is 1. The Morgan fingerprint density at radius 2 is 1.95 bits per heavy atom. The first-order chi connectivity index (χ1) is 10.2. The Hall–Kier alpha value is -2.77. The van der Waals surface area contributed by atoms with E-state index in [0.717, 1.165) is 0 Å². The monoisotopic (exact) mass is 289 g/mol. The third-order valence-corrected chi connectivity index (χ3v) is 2.82. The molecule has 0 radical (unpaired) electrons. The van der Waals surface area contributed by atoms with E-state index in [1.54, 1.807) is 18.2 Å². The lowest BCUT2D eigenvalue weighted by Crippen LogP contribution is -2.13. The van der Waals surface area contributed by atoms with Gasteiger partial charge in [-0.05, 0) is 35.4 Å². The van der Waals surface area contributed by atoms with Gasteiger partial charge in [0.15, 0.2) is 0 Å². The molecule has 2 aromatic rings. The van der Waals surface area contributed by atoms with Crippen LogP contribution in [-0.2, 0) is 9.59 Å². The number of carboxylic acids is 1.